The normalized spacial score (nSPS) is 24.3. The lowest BCUT2D eigenvalue weighted by Gasteiger charge is -2.45. The summed E-state index contributed by atoms with van der Waals surface area (Å²) in [4.78, 5) is 28.4. The lowest BCUT2D eigenvalue weighted by atomic mass is 9.98. The predicted octanol–water partition coefficient (Wildman–Crippen LogP) is -14.6. The van der Waals surface area contributed by atoms with Crippen molar-refractivity contribution in [3.05, 3.63) is 0 Å². The van der Waals surface area contributed by atoms with E-state index in [1.54, 1.807) is 0 Å². The summed E-state index contributed by atoms with van der Waals surface area (Å²) < 4.78 is 628. The van der Waals surface area contributed by atoms with Crippen LogP contribution in [0.3, 0.4) is 0 Å². The molecule has 0 unspecified atom stereocenters. The molecule has 0 saturated carbocycles. The van der Waals surface area contributed by atoms with Gasteiger partial charge in [0.15, 0.2) is 37.0 Å². The van der Waals surface area contributed by atoms with Crippen molar-refractivity contribution in [2.24, 2.45) is 0 Å². The van der Waals surface area contributed by atoms with Gasteiger partial charge in [-0.3, -0.25) is 82.4 Å². The zero-order chi connectivity index (χ0) is 90.1. The number of hydrogen-bond acceptors (Lipinski definition) is 54. The Morgan fingerprint density at radius 2 is 0.496 bits per heavy atom. The molecule has 18 N–H and O–H groups in total. The van der Waals surface area contributed by atoms with Crippen LogP contribution < -0.4 is 10.6 Å². The summed E-state index contributed by atoms with van der Waals surface area (Å²) in [5.41, 5.74) is 0. The number of hydrogen-bond donors (Lipinski definition) is 18. The van der Waals surface area contributed by atoms with Gasteiger partial charge in [-0.05, 0) is 6.42 Å². The van der Waals surface area contributed by atoms with Crippen LogP contribution in [0.2, 0.25) is 0 Å². The summed E-state index contributed by atoms with van der Waals surface area (Å²) in [6.45, 7) is -13.5. The fourth-order valence-corrected chi connectivity index (χ4v) is 15.5. The highest BCUT2D eigenvalue weighted by Gasteiger charge is 2.60. The molecule has 2 saturated heterocycles. The number of rotatable bonds is 52. The monoisotopic (exact) mass is 2030 g/mol. The van der Waals surface area contributed by atoms with Crippen molar-refractivity contribution in [2.45, 2.75) is 117 Å². The number of nitrogens with one attached hydrogen (secondary N) is 2. The summed E-state index contributed by atoms with van der Waals surface area (Å²) in [5.74, 6) is -5.56. The van der Waals surface area contributed by atoms with Gasteiger partial charge in [-0.1, -0.05) is 0 Å². The molecule has 2 amide bonds. The second kappa shape index (κ2) is 40.4. The van der Waals surface area contributed by atoms with Crippen LogP contribution in [0.4, 0.5) is 0 Å². The van der Waals surface area contributed by atoms with Gasteiger partial charge in [0, 0.05) is 13.1 Å². The molecule has 684 valence electrons. The molecule has 18 atom stereocenters. The van der Waals surface area contributed by atoms with E-state index in [1.165, 1.54) is 10.6 Å². The van der Waals surface area contributed by atoms with E-state index in [2.05, 4.69) is 66.9 Å². The smallest absolute Gasteiger partial charge is 0.354 e. The molecule has 0 radical (unpaired) electrons. The Bertz CT molecular complexity index is 5030. The van der Waals surface area contributed by atoms with Crippen LogP contribution in [0, 0.1) is 0 Å². The molecule has 88 heteroatoms. The van der Waals surface area contributed by atoms with Crippen LogP contribution in [-0.4, -0.2) is 369 Å². The minimum Gasteiger partial charge on any atom is -0.354 e. The van der Waals surface area contributed by atoms with E-state index in [9.17, 15) is 217 Å². The van der Waals surface area contributed by atoms with Crippen molar-refractivity contribution in [1.82, 2.24) is 10.6 Å². The SMILES string of the molecule is O=C(NCCCNC(=O)[C@H](OS(=O)(=O)O)[C@@H](OS(=O)(=O)O)[C@H](O[C@@H]1O[C@H](COS(=O)(=O)O)[C@H](OS(=O)(=O)O)[C@H](OS(=O)(=O)O)[C@H]1OS(=O)(=O)O)[C@@H](COS(=O)(=O)O)OS(=O)(=O)O)[C@H](OS(=O)(=O)O)[C@@H](OS(=O)(=O)O)[C@H](O[C@@H]1O[C@H](COS(=O)(=O)O)[C@H](OS(=O)(=O)O)[C@H](OS(=O)(=O)O)[C@H]1OS(=O)(=O)O)[C@@H](COS(=O)(=O)O)OS(=O)(=O)O. The van der Waals surface area contributed by atoms with Crippen molar-refractivity contribution >= 4 is 178 Å². The molecular weight excluding hydrogens is 1990 g/mol. The van der Waals surface area contributed by atoms with Crippen LogP contribution in [0.25, 0.3) is 0 Å². The molecule has 0 aromatic heterocycles. The first-order valence-corrected chi connectivity index (χ1v) is 48.1. The van der Waals surface area contributed by atoms with E-state index in [0.717, 1.165) is 0 Å². The molecule has 2 aliphatic heterocycles. The second-order valence-corrected chi connectivity index (χ2v) is 36.9. The molecule has 0 aromatic rings. The largest absolute Gasteiger partial charge is 0.398 e. The van der Waals surface area contributed by atoms with Crippen molar-refractivity contribution in [2.75, 3.05) is 39.5 Å². The highest BCUT2D eigenvalue weighted by atomic mass is 32.3. The zero-order valence-electron chi connectivity index (χ0n) is 53.1. The first-order chi connectivity index (χ1) is 50.8. The van der Waals surface area contributed by atoms with Crippen molar-refractivity contribution < 1.29 is 303 Å². The molecule has 0 spiro atoms. The lowest BCUT2D eigenvalue weighted by Crippen LogP contribution is -2.65. The van der Waals surface area contributed by atoms with Gasteiger partial charge in [0.2, 0.25) is 0 Å². The van der Waals surface area contributed by atoms with E-state index in [-0.39, 0.29) is 0 Å². The van der Waals surface area contributed by atoms with E-state index in [4.69, 9.17) is 18.9 Å². The van der Waals surface area contributed by atoms with Crippen molar-refractivity contribution in [1.29, 1.82) is 0 Å². The minimum absolute atomic E-state index is 1.29. The van der Waals surface area contributed by atoms with Gasteiger partial charge < -0.3 is 29.6 Å². The van der Waals surface area contributed by atoms with Gasteiger partial charge in [-0.15, -0.1) is 0 Å². The quantitative estimate of drug-likeness (QED) is 0.0199. The van der Waals surface area contributed by atoms with Crippen LogP contribution in [0.15, 0.2) is 0 Å². The predicted molar refractivity (Wildman–Crippen MR) is 325 cm³/mol. The van der Waals surface area contributed by atoms with Gasteiger partial charge in [0.25, 0.3) is 11.8 Å². The average molecular weight is 2040 g/mol. The highest BCUT2D eigenvalue weighted by molar-refractivity contribution is 7.84. The summed E-state index contributed by atoms with van der Waals surface area (Å²) in [5, 5.41) is 2.57. The molecule has 2 rings (SSSR count). The standard InChI is InChI=1S/C27H50N2O70S16/c30-24(20(96-112(68,69)70)16(92-108(56,57)58)12(10(88-104(44,45)46)6-82-102(38,39)40)86-26-22(98-114(74,75)76)18(94-110(62,63)64)14(90-106(50,51)52)8(84-26)4-80-100(32,33)34)28-2-1-3-29-25(31)21(97-113(71,72)73)17(93-109(59,60)61)13(11(89-105(47,48)49)7-83-103(41,42)43)87-27-23(99-115(77,78)79)19(95-111(65,66)67)15(91-107(53,54)55)9(85-27)5-81-101(35,36)37/h8-23,26-27H,1-7H2,(H,28,30)(H,29,31)(H,32,33,34)(H,35,36,37)(H,38,39,40)(H,41,42,43)(H,44,45,46)(H,47,48,49)(H,50,51,52)(H,53,54,55)(H,56,57,58)(H,59,60,61)(H,62,63,64)(H,65,66,67)(H,68,69,70)(H,71,72,73)(H,74,75,76)(H,77,78,79)/t8-,9-,10-,11-,12-,13-,14+,15+,16+,17+,18+,19+,20-,21-,22-,23-,26+,27+/m1/s1. The molecule has 2 aliphatic rings. The molecular formula is C27H50N2O70S16. The Morgan fingerprint density at radius 3 is 0.713 bits per heavy atom. The molecule has 72 nitrogen and oxygen atoms in total. The van der Waals surface area contributed by atoms with Crippen LogP contribution in [0.5, 0.6) is 0 Å². The third-order valence-electron chi connectivity index (χ3n) is 11.5. The summed E-state index contributed by atoms with van der Waals surface area (Å²) in [6.07, 6.45) is -72.6. The van der Waals surface area contributed by atoms with E-state index in [0.29, 0.717) is 0 Å². The van der Waals surface area contributed by atoms with Crippen LogP contribution in [-0.2, 0) is 262 Å². The second-order valence-electron chi connectivity index (χ2n) is 20.0. The van der Waals surface area contributed by atoms with Gasteiger partial charge in [0.1, 0.15) is 73.2 Å². The van der Waals surface area contributed by atoms with Crippen molar-refractivity contribution in [3.8, 4) is 0 Å². The summed E-state index contributed by atoms with van der Waals surface area (Å²) in [6, 6.07) is 0. The maximum atomic E-state index is 14.2. The average Bonchev–Trinajstić information content (AvgIpc) is 0.766. The number of carbonyl (C=O) groups excluding carboxylic acids is 2. The van der Waals surface area contributed by atoms with Gasteiger partial charge in [-0.25, -0.2) is 66.9 Å². The number of carbonyl (C=O) groups is 2. The van der Waals surface area contributed by atoms with Gasteiger partial charge >= 0.3 is 166 Å². The number of ether oxygens (including phenoxy) is 4. The van der Waals surface area contributed by atoms with E-state index >= 15 is 0 Å². The minimum atomic E-state index is -6.97. The Hall–Kier alpha value is -3.30. The summed E-state index contributed by atoms with van der Waals surface area (Å²) in [7, 11) is -105. The van der Waals surface area contributed by atoms with Crippen LogP contribution >= 0.6 is 0 Å². The topological polar surface area (TPSA) is 1110 Å². The molecule has 115 heavy (non-hydrogen) atoms. The fraction of sp³-hybridized carbons (Fsp3) is 0.926. The first kappa shape index (κ1) is 108. The Kier molecular flexibility index (Phi) is 37.8. The maximum absolute atomic E-state index is 14.2. The lowest BCUT2D eigenvalue weighted by molar-refractivity contribution is -0.312. The first-order valence-electron chi connectivity index (χ1n) is 26.3. The maximum Gasteiger partial charge on any atom is 0.398 e. The molecule has 2 heterocycles. The van der Waals surface area contributed by atoms with E-state index < -0.39 is 334 Å². The molecule has 0 aromatic carbocycles. The molecule has 0 aliphatic carbocycles. The fourth-order valence-electron chi connectivity index (χ4n) is 8.39. The third-order valence-corrected chi connectivity index (χ3v) is 18.9. The van der Waals surface area contributed by atoms with Crippen LogP contribution in [0.1, 0.15) is 6.42 Å². The third kappa shape index (κ3) is 46.0. The Labute approximate surface area is 643 Å². The molecule has 2 fully saturated rings. The van der Waals surface area contributed by atoms with Gasteiger partial charge in [0.05, 0.1) is 26.4 Å². The Morgan fingerprint density at radius 1 is 0.270 bits per heavy atom. The highest BCUT2D eigenvalue weighted by Crippen LogP contribution is 2.38. The summed E-state index contributed by atoms with van der Waals surface area (Å²) >= 11 is 0. The number of amides is 2. The van der Waals surface area contributed by atoms with E-state index in [1.807, 2.05) is 0 Å². The molecule has 0 bridgehead atoms. The zero-order valence-corrected chi connectivity index (χ0v) is 66.1. The van der Waals surface area contributed by atoms with Crippen molar-refractivity contribution in [3.63, 3.8) is 0 Å². The Balaban J connectivity index is 3.25. The van der Waals surface area contributed by atoms with Gasteiger partial charge in [-0.2, -0.15) is 135 Å².